The number of aromatic nitrogens is 1. The van der Waals surface area contributed by atoms with Crippen LogP contribution in [0.1, 0.15) is 20.7 Å². The average molecular weight is 310 g/mol. The summed E-state index contributed by atoms with van der Waals surface area (Å²) in [5.41, 5.74) is 0.308. The van der Waals surface area contributed by atoms with Crippen LogP contribution in [0.4, 0.5) is 0 Å². The molecule has 0 unspecified atom stereocenters. The molecule has 0 aliphatic carbocycles. The number of carboxylic acid groups (broad SMARTS) is 1. The number of halogens is 1. The second-order valence-corrected chi connectivity index (χ2v) is 4.20. The quantitative estimate of drug-likeness (QED) is 0.344. The zero-order valence-corrected chi connectivity index (χ0v) is 11.5. The highest BCUT2D eigenvalue weighted by Crippen LogP contribution is 2.24. The minimum Gasteiger partial charge on any atom is -1.00 e. The van der Waals surface area contributed by atoms with E-state index in [4.69, 9.17) is 5.11 Å². The van der Waals surface area contributed by atoms with Gasteiger partial charge in [-0.3, -0.25) is 4.79 Å². The number of benzene rings is 1. The van der Waals surface area contributed by atoms with Crippen molar-refractivity contribution in [3.63, 3.8) is 0 Å². The lowest BCUT2D eigenvalue weighted by Crippen LogP contribution is -3.00. The van der Waals surface area contributed by atoms with Gasteiger partial charge in [-0.05, 0) is 24.3 Å². The molecule has 2 rings (SSSR count). The molecular weight excluding hydrogens is 298 g/mol. The van der Waals surface area contributed by atoms with Crippen LogP contribution in [0, 0.1) is 0 Å². The Morgan fingerprint density at radius 3 is 2.38 bits per heavy atom. The van der Waals surface area contributed by atoms with E-state index in [0.717, 1.165) is 0 Å². The van der Waals surface area contributed by atoms with Crippen molar-refractivity contribution in [1.82, 2.24) is 0 Å². The van der Waals surface area contributed by atoms with E-state index >= 15 is 0 Å². The number of carbonyl (C=O) groups excluding carboxylic acids is 1. The van der Waals surface area contributed by atoms with Crippen molar-refractivity contribution in [3.8, 4) is 11.5 Å². The van der Waals surface area contributed by atoms with Crippen LogP contribution in [0.5, 0.6) is 11.5 Å². The number of aromatic hydroxyl groups is 2. The molecular formula is C14H12ClNO5. The van der Waals surface area contributed by atoms with Crippen LogP contribution in [-0.2, 0) is 6.54 Å². The van der Waals surface area contributed by atoms with Crippen LogP contribution in [0.15, 0.2) is 42.7 Å². The fourth-order valence-corrected chi connectivity index (χ4v) is 1.70. The highest BCUT2D eigenvalue weighted by Gasteiger charge is 2.15. The Kier molecular flexibility index (Phi) is 5.26. The van der Waals surface area contributed by atoms with Crippen LogP contribution in [0.25, 0.3) is 0 Å². The molecule has 6 nitrogen and oxygen atoms in total. The van der Waals surface area contributed by atoms with E-state index in [0.29, 0.717) is 0 Å². The minimum absolute atomic E-state index is 0. The predicted molar refractivity (Wildman–Crippen MR) is 67.7 cm³/mol. The van der Waals surface area contributed by atoms with Gasteiger partial charge in [-0.15, -0.1) is 0 Å². The summed E-state index contributed by atoms with van der Waals surface area (Å²) in [4.78, 5) is 22.8. The van der Waals surface area contributed by atoms with Crippen LogP contribution in [0.2, 0.25) is 0 Å². The van der Waals surface area contributed by atoms with Crippen molar-refractivity contribution >= 4 is 11.8 Å². The Bertz CT molecular complexity index is 687. The number of carboxylic acids is 1. The fourth-order valence-electron chi connectivity index (χ4n) is 1.70. The fraction of sp³-hybridized carbons (Fsp3) is 0.0714. The van der Waals surface area contributed by atoms with Crippen molar-refractivity contribution < 1.29 is 41.9 Å². The first-order chi connectivity index (χ1) is 9.47. The van der Waals surface area contributed by atoms with E-state index in [-0.39, 0.29) is 47.4 Å². The third-order valence-electron chi connectivity index (χ3n) is 2.73. The van der Waals surface area contributed by atoms with Gasteiger partial charge in [0.1, 0.15) is 5.56 Å². The zero-order valence-electron chi connectivity index (χ0n) is 10.7. The van der Waals surface area contributed by atoms with Gasteiger partial charge in [0.2, 0.25) is 12.3 Å². The maximum atomic E-state index is 12.0. The van der Waals surface area contributed by atoms with E-state index in [9.17, 15) is 19.8 Å². The second-order valence-electron chi connectivity index (χ2n) is 4.20. The van der Waals surface area contributed by atoms with E-state index in [1.165, 1.54) is 41.1 Å². The summed E-state index contributed by atoms with van der Waals surface area (Å²) in [5, 5.41) is 27.4. The summed E-state index contributed by atoms with van der Waals surface area (Å²) < 4.78 is 1.44. The highest BCUT2D eigenvalue weighted by atomic mass is 35.5. The summed E-state index contributed by atoms with van der Waals surface area (Å²) in [6, 6.07) is 6.74. The number of phenolic OH excluding ortho intramolecular Hbond substituents is 2. The molecule has 1 aromatic carbocycles. The normalized spacial score (nSPS) is 9.71. The van der Waals surface area contributed by atoms with Crippen molar-refractivity contribution in [2.45, 2.75) is 6.54 Å². The number of pyridine rings is 1. The summed E-state index contributed by atoms with van der Waals surface area (Å²) >= 11 is 0. The number of aromatic carboxylic acids is 1. The lowest BCUT2D eigenvalue weighted by molar-refractivity contribution is -0.683. The smallest absolute Gasteiger partial charge is 0.341 e. The number of rotatable bonds is 4. The maximum Gasteiger partial charge on any atom is 0.341 e. The zero-order chi connectivity index (χ0) is 14.7. The van der Waals surface area contributed by atoms with Crippen molar-refractivity contribution in [2.75, 3.05) is 0 Å². The van der Waals surface area contributed by atoms with Gasteiger partial charge in [0, 0.05) is 11.6 Å². The number of nitrogens with zero attached hydrogens (tertiary/aromatic N) is 1. The summed E-state index contributed by atoms with van der Waals surface area (Å²) in [5.74, 6) is -2.07. The van der Waals surface area contributed by atoms with Gasteiger partial charge in [0.15, 0.2) is 23.9 Å². The first-order valence-electron chi connectivity index (χ1n) is 5.75. The Balaban J connectivity index is 0.00000220. The lowest BCUT2D eigenvalue weighted by Gasteiger charge is -2.01. The van der Waals surface area contributed by atoms with E-state index in [1.54, 1.807) is 6.20 Å². The molecule has 0 saturated heterocycles. The number of carbonyl (C=O) groups is 2. The van der Waals surface area contributed by atoms with Crippen molar-refractivity contribution in [3.05, 3.63) is 53.9 Å². The monoisotopic (exact) mass is 309 g/mol. The average Bonchev–Trinajstić information content (AvgIpc) is 2.42. The van der Waals surface area contributed by atoms with Gasteiger partial charge < -0.3 is 27.7 Å². The van der Waals surface area contributed by atoms with Crippen molar-refractivity contribution in [2.24, 2.45) is 0 Å². The number of hydrogen-bond donors (Lipinski definition) is 3. The lowest BCUT2D eigenvalue weighted by atomic mass is 10.1. The van der Waals surface area contributed by atoms with Gasteiger partial charge in [0.05, 0.1) is 0 Å². The minimum atomic E-state index is -1.07. The van der Waals surface area contributed by atoms with E-state index in [1.807, 2.05) is 0 Å². The largest absolute Gasteiger partial charge is 1.00 e. The molecule has 0 aliphatic heterocycles. The third-order valence-corrected chi connectivity index (χ3v) is 2.73. The van der Waals surface area contributed by atoms with E-state index in [2.05, 4.69) is 0 Å². The van der Waals surface area contributed by atoms with Gasteiger partial charge >= 0.3 is 5.97 Å². The molecule has 0 fully saturated rings. The molecule has 0 saturated carbocycles. The number of hydrogen-bond acceptors (Lipinski definition) is 4. The van der Waals surface area contributed by atoms with Crippen LogP contribution in [0.3, 0.4) is 0 Å². The third kappa shape index (κ3) is 3.93. The molecule has 1 aromatic heterocycles. The Hall–Kier alpha value is -2.60. The number of phenols is 2. The highest BCUT2D eigenvalue weighted by molar-refractivity contribution is 5.95. The first-order valence-corrected chi connectivity index (χ1v) is 5.75. The topological polar surface area (TPSA) is 98.7 Å². The molecule has 0 bridgehead atoms. The molecule has 2 aromatic rings. The molecule has 7 heteroatoms. The summed E-state index contributed by atoms with van der Waals surface area (Å²) in [7, 11) is 0. The SMILES string of the molecule is O=C(O)c1ccc[n+](CC(=O)c2ccc(O)c(O)c2)c1.[Cl-]. The van der Waals surface area contributed by atoms with Crippen LogP contribution >= 0.6 is 0 Å². The molecule has 0 amide bonds. The van der Waals surface area contributed by atoms with Gasteiger partial charge in [-0.1, -0.05) is 0 Å². The molecule has 3 N–H and O–H groups in total. The molecule has 1 heterocycles. The van der Waals surface area contributed by atoms with Gasteiger partial charge in [0.25, 0.3) is 0 Å². The van der Waals surface area contributed by atoms with Crippen molar-refractivity contribution in [1.29, 1.82) is 0 Å². The van der Waals surface area contributed by atoms with Gasteiger partial charge in [-0.25, -0.2) is 4.79 Å². The van der Waals surface area contributed by atoms with Gasteiger partial charge in [-0.2, -0.15) is 4.57 Å². The standard InChI is InChI=1S/C14H11NO5.ClH/c16-11-4-3-9(6-12(11)17)13(18)8-15-5-1-2-10(7-15)14(19)20;/h1-7H,8H2,(H2-,16,17,18,19,20);1H. The molecule has 0 aliphatic rings. The molecule has 0 atom stereocenters. The first kappa shape index (κ1) is 16.5. The number of Topliss-reactive ketones (excluding diaryl/α,β-unsaturated/α-hetero) is 1. The summed E-state index contributed by atoms with van der Waals surface area (Å²) in [6.07, 6.45) is 2.92. The second kappa shape index (κ2) is 6.71. The summed E-state index contributed by atoms with van der Waals surface area (Å²) in [6.45, 7) is -0.0642. The van der Waals surface area contributed by atoms with Crippen LogP contribution < -0.4 is 17.0 Å². The number of ketones is 1. The Morgan fingerprint density at radius 1 is 1.05 bits per heavy atom. The maximum absolute atomic E-state index is 12.0. The van der Waals surface area contributed by atoms with E-state index < -0.39 is 5.97 Å². The molecule has 0 spiro atoms. The molecule has 0 radical (unpaired) electrons. The molecule has 110 valence electrons. The molecule has 21 heavy (non-hydrogen) atoms. The van der Waals surface area contributed by atoms with Crippen LogP contribution in [-0.4, -0.2) is 27.1 Å². The predicted octanol–water partition coefficient (Wildman–Crippen LogP) is -2.03. The Morgan fingerprint density at radius 2 is 1.76 bits per heavy atom. The Labute approximate surface area is 126 Å².